The number of carbonyl (C=O) groups excluding carboxylic acids is 5. The van der Waals surface area contributed by atoms with Gasteiger partial charge in [0.25, 0.3) is 17.7 Å². The molecule has 8 aliphatic rings. The number of ether oxygens (including phenoxy) is 8. The highest BCUT2D eigenvalue weighted by molar-refractivity contribution is 9.10. The van der Waals surface area contributed by atoms with Crippen LogP contribution in [0.25, 0.3) is 32.9 Å². The Bertz CT molecular complexity index is 4270. The number of halogens is 1. The average Bonchev–Trinajstić information content (AvgIpc) is 1.73. The molecule has 6 fully saturated rings. The summed E-state index contributed by atoms with van der Waals surface area (Å²) in [5.41, 5.74) is 1.58. The number of fused-ring (bicyclic) bond motifs is 3. The highest BCUT2D eigenvalue weighted by Crippen LogP contribution is 2.39. The standard InChI is InChI=1S/2C27H33N3O7.C18H19BrN2O5.CH4/c2*1-27(2,3)37-26(33)30-6-4-5-21(30)19-15-18(25(32)29-9-13-35-14-10-29)16-20-22(31)17-23(36-24(19)20)28-7-11-34-12-8-28;19-14-10-12(18(23)21-3-7-25-8-4-21)9-13-15(22)11-16(26-17(13)14)20-1-5-24-6-2-20;/h4,6,15-17,21H,5,7-14H2,1-3H3;4-5,15-17,21H,6-14H2,1-3H3;9-11H,1-8H2;1H4. The molecule has 542 valence electrons. The van der Waals surface area contributed by atoms with Crippen LogP contribution in [-0.4, -0.2) is 230 Å². The Morgan fingerprint density at radius 1 is 0.436 bits per heavy atom. The van der Waals surface area contributed by atoms with Crippen molar-refractivity contribution in [3.63, 3.8) is 0 Å². The molecular weight excluding hydrogens is 1370 g/mol. The van der Waals surface area contributed by atoms with E-state index < -0.39 is 35.5 Å². The van der Waals surface area contributed by atoms with Gasteiger partial charge in [-0.15, -0.1) is 0 Å². The zero-order valence-corrected chi connectivity index (χ0v) is 58.8. The van der Waals surface area contributed by atoms with Crippen LogP contribution >= 0.6 is 15.9 Å². The largest absolute Gasteiger partial charge is 0.444 e. The molecule has 2 unspecified atom stereocenters. The fourth-order valence-corrected chi connectivity index (χ4v) is 13.4. The van der Waals surface area contributed by atoms with Gasteiger partial charge in [-0.25, -0.2) is 9.59 Å². The molecule has 0 aliphatic carbocycles. The van der Waals surface area contributed by atoms with Crippen molar-refractivity contribution in [1.29, 1.82) is 0 Å². The molecule has 0 radical (unpaired) electrons. The fraction of sp³-hybridized carbons (Fsp3) is 0.507. The first-order valence-corrected chi connectivity index (χ1v) is 34.8. The van der Waals surface area contributed by atoms with E-state index in [0.29, 0.717) is 254 Å². The summed E-state index contributed by atoms with van der Waals surface area (Å²) >= 11 is 3.46. The number of benzene rings is 3. The van der Waals surface area contributed by atoms with E-state index in [0.717, 1.165) is 0 Å². The summed E-state index contributed by atoms with van der Waals surface area (Å²) in [7, 11) is 0. The molecular formula is C73H89BrN8O19. The van der Waals surface area contributed by atoms with Gasteiger partial charge in [0.15, 0.2) is 39.5 Å². The molecule has 0 saturated carbocycles. The monoisotopic (exact) mass is 1460 g/mol. The van der Waals surface area contributed by atoms with Crippen molar-refractivity contribution in [1.82, 2.24) is 24.5 Å². The van der Waals surface area contributed by atoms with Gasteiger partial charge in [0.1, 0.15) is 22.4 Å². The zero-order valence-electron chi connectivity index (χ0n) is 57.3. The normalized spacial score (nSPS) is 19.8. The third-order valence-corrected chi connectivity index (χ3v) is 18.5. The molecule has 0 bridgehead atoms. The predicted octanol–water partition coefficient (Wildman–Crippen LogP) is 8.75. The molecule has 28 heteroatoms. The summed E-state index contributed by atoms with van der Waals surface area (Å²) in [6.07, 6.45) is 6.83. The van der Waals surface area contributed by atoms with Crippen LogP contribution in [0.1, 0.15) is 110 Å². The SMILES string of the molecule is C.CC(C)(C)OC(=O)N1C=CCC1c1cc(C(=O)N2CCOCC2)cc2c(=O)cc(N3CCOCC3)oc12.CC(C)(C)OC(=O)N1CC=CC1c1cc(C(=O)N2CCOCC2)cc2c(=O)cc(N3CCOCC3)oc12.O=C(c1cc(Br)c2oc(N3CCOCC3)cc(=O)c2c1)N1CCOCC1. The summed E-state index contributed by atoms with van der Waals surface area (Å²) < 4.78 is 62.8. The van der Waals surface area contributed by atoms with E-state index in [2.05, 4.69) is 15.9 Å². The highest BCUT2D eigenvalue weighted by Gasteiger charge is 2.37. The number of nitrogens with zero attached hydrogens (tertiary/aromatic N) is 8. The van der Waals surface area contributed by atoms with E-state index in [1.165, 1.54) is 23.1 Å². The van der Waals surface area contributed by atoms with Crippen LogP contribution < -0.4 is 31.0 Å². The second-order valence-electron chi connectivity index (χ2n) is 27.1. The van der Waals surface area contributed by atoms with Crippen LogP contribution in [0.5, 0.6) is 0 Å². The predicted molar refractivity (Wildman–Crippen MR) is 381 cm³/mol. The zero-order chi connectivity index (χ0) is 70.4. The number of amides is 5. The molecule has 0 N–H and O–H groups in total. The van der Waals surface area contributed by atoms with E-state index in [-0.39, 0.29) is 41.4 Å². The minimum atomic E-state index is -0.676. The van der Waals surface area contributed by atoms with Crippen molar-refractivity contribution in [3.05, 3.63) is 142 Å². The molecule has 6 saturated heterocycles. The Balaban J connectivity index is 0.000000154. The molecule has 14 rings (SSSR count). The van der Waals surface area contributed by atoms with E-state index in [9.17, 15) is 38.4 Å². The smallest absolute Gasteiger partial charge is 0.414 e. The lowest BCUT2D eigenvalue weighted by molar-refractivity contribution is 0.0238. The van der Waals surface area contributed by atoms with Crippen molar-refractivity contribution in [3.8, 4) is 0 Å². The summed E-state index contributed by atoms with van der Waals surface area (Å²) in [5, 5.41) is 1.01. The molecule has 2 atom stereocenters. The highest BCUT2D eigenvalue weighted by atomic mass is 79.9. The molecule has 5 amide bonds. The number of anilines is 3. The van der Waals surface area contributed by atoms with Crippen molar-refractivity contribution >= 4 is 96.4 Å². The van der Waals surface area contributed by atoms with Crippen LogP contribution in [0.2, 0.25) is 0 Å². The third kappa shape index (κ3) is 17.3. The Labute approximate surface area is 593 Å². The third-order valence-electron chi connectivity index (χ3n) is 17.9. The van der Waals surface area contributed by atoms with Crippen molar-refractivity contribution < 1.29 is 75.1 Å². The quantitative estimate of drug-likeness (QED) is 0.129. The van der Waals surface area contributed by atoms with E-state index in [1.807, 2.05) is 74.5 Å². The van der Waals surface area contributed by atoms with Crippen LogP contribution in [0.4, 0.5) is 27.2 Å². The Morgan fingerprint density at radius 2 is 0.782 bits per heavy atom. The van der Waals surface area contributed by atoms with Crippen molar-refractivity contribution in [2.24, 2.45) is 0 Å². The molecule has 3 aromatic carbocycles. The summed E-state index contributed by atoms with van der Waals surface area (Å²) in [6, 6.07) is 13.4. The van der Waals surface area contributed by atoms with E-state index in [4.69, 9.17) is 51.1 Å². The van der Waals surface area contributed by atoms with E-state index >= 15 is 0 Å². The number of hydrogen-bond acceptors (Lipinski definition) is 22. The first-order valence-electron chi connectivity index (χ1n) is 34.0. The Hall–Kier alpha value is -8.64. The maximum absolute atomic E-state index is 13.4. The van der Waals surface area contributed by atoms with Gasteiger partial charge < -0.3 is 80.5 Å². The Morgan fingerprint density at radius 3 is 1.19 bits per heavy atom. The van der Waals surface area contributed by atoms with Crippen LogP contribution in [0.3, 0.4) is 0 Å². The molecule has 11 heterocycles. The maximum atomic E-state index is 13.4. The lowest BCUT2D eigenvalue weighted by atomic mass is 9.97. The maximum Gasteiger partial charge on any atom is 0.414 e. The van der Waals surface area contributed by atoms with Crippen LogP contribution in [0, 0.1) is 0 Å². The lowest BCUT2D eigenvalue weighted by Crippen LogP contribution is -2.41. The lowest BCUT2D eigenvalue weighted by Gasteiger charge is -2.30. The van der Waals surface area contributed by atoms with Crippen LogP contribution in [0.15, 0.2) is 111 Å². The van der Waals surface area contributed by atoms with Gasteiger partial charge in [-0.3, -0.25) is 38.6 Å². The number of rotatable bonds is 8. The molecule has 27 nitrogen and oxygen atoms in total. The van der Waals surface area contributed by atoms with Gasteiger partial charge in [-0.2, -0.15) is 0 Å². The first kappa shape index (κ1) is 73.6. The molecule has 8 aliphatic heterocycles. The number of carbonyl (C=O) groups is 5. The minimum absolute atomic E-state index is 0. The van der Waals surface area contributed by atoms with Gasteiger partial charge in [0.05, 0.1) is 112 Å². The number of morpholine rings is 6. The first-order chi connectivity index (χ1) is 48.0. The molecule has 6 aromatic rings. The molecule has 101 heavy (non-hydrogen) atoms. The van der Waals surface area contributed by atoms with Gasteiger partial charge in [-0.05, 0) is 100 Å². The summed E-state index contributed by atoms with van der Waals surface area (Å²) in [6.45, 7) is 24.3. The van der Waals surface area contributed by atoms with Crippen molar-refractivity contribution in [2.45, 2.75) is 78.7 Å². The summed E-state index contributed by atoms with van der Waals surface area (Å²) in [5.74, 6) is 0.947. The fourth-order valence-electron chi connectivity index (χ4n) is 12.9. The second kappa shape index (κ2) is 32.1. The number of hydrogen-bond donors (Lipinski definition) is 0. The summed E-state index contributed by atoms with van der Waals surface area (Å²) in [4.78, 5) is 119. The van der Waals surface area contributed by atoms with Gasteiger partial charge in [0, 0.05) is 137 Å². The topological polar surface area (TPSA) is 276 Å². The molecule has 0 spiro atoms. The second-order valence-corrected chi connectivity index (χ2v) is 28.0. The van der Waals surface area contributed by atoms with Gasteiger partial charge in [-0.1, -0.05) is 25.7 Å². The van der Waals surface area contributed by atoms with Gasteiger partial charge >= 0.3 is 12.2 Å². The van der Waals surface area contributed by atoms with Gasteiger partial charge in [0.2, 0.25) is 0 Å². The minimum Gasteiger partial charge on any atom is -0.444 e. The van der Waals surface area contributed by atoms with Crippen molar-refractivity contribution in [2.75, 3.05) is 179 Å². The molecule has 3 aromatic heterocycles. The van der Waals surface area contributed by atoms with E-state index in [1.54, 1.807) is 62.2 Å². The van der Waals surface area contributed by atoms with Crippen LogP contribution in [-0.2, 0) is 37.9 Å². The Kier molecular flexibility index (Phi) is 23.4. The average molecular weight is 1460 g/mol.